The summed E-state index contributed by atoms with van der Waals surface area (Å²) >= 11 is 4.82. The topological polar surface area (TPSA) is 24.9 Å². The first-order chi connectivity index (χ1) is 8.08. The highest BCUT2D eigenvalue weighted by molar-refractivity contribution is 9.10. The molecule has 0 aliphatic rings. The normalized spacial score (nSPS) is 12.5. The van der Waals surface area contributed by atoms with Gasteiger partial charge >= 0.3 is 0 Å². The molecule has 1 unspecified atom stereocenters. The fourth-order valence-electron chi connectivity index (χ4n) is 1.63. The summed E-state index contributed by atoms with van der Waals surface area (Å²) in [5, 5.41) is 3.16. The maximum Gasteiger partial charge on any atom is 0.147 e. The van der Waals surface area contributed by atoms with Gasteiger partial charge in [-0.2, -0.15) is 0 Å². The van der Waals surface area contributed by atoms with E-state index >= 15 is 0 Å². The summed E-state index contributed by atoms with van der Waals surface area (Å²) in [4.78, 5) is 5.32. The first-order valence-electron chi connectivity index (χ1n) is 5.19. The van der Waals surface area contributed by atoms with Crippen LogP contribution in [0, 0.1) is 12.7 Å². The number of thiazole rings is 1. The predicted octanol–water partition coefficient (Wildman–Crippen LogP) is 4.53. The lowest BCUT2D eigenvalue weighted by Crippen LogP contribution is -2.07. The number of rotatable bonds is 3. The summed E-state index contributed by atoms with van der Waals surface area (Å²) in [7, 11) is 0. The van der Waals surface area contributed by atoms with Gasteiger partial charge in [0.25, 0.3) is 0 Å². The lowest BCUT2D eigenvalue weighted by molar-refractivity contribution is 0.627. The van der Waals surface area contributed by atoms with Crippen LogP contribution in [-0.2, 0) is 0 Å². The molecule has 2 rings (SSSR count). The average Bonchev–Trinajstić information content (AvgIpc) is 2.68. The molecule has 5 heteroatoms. The third-order valence-electron chi connectivity index (χ3n) is 2.48. The number of nitrogens with zero attached hydrogens (tertiary/aromatic N) is 1. The number of hydrogen-bond donors (Lipinski definition) is 1. The Bertz CT molecular complexity index is 527. The van der Waals surface area contributed by atoms with Crippen LogP contribution in [0.1, 0.15) is 23.5 Å². The Kier molecular flexibility index (Phi) is 3.79. The van der Waals surface area contributed by atoms with Crippen molar-refractivity contribution in [2.45, 2.75) is 19.9 Å². The number of aryl methyl sites for hydroxylation is 1. The number of benzene rings is 1. The number of halogens is 2. The molecule has 1 N–H and O–H groups in total. The van der Waals surface area contributed by atoms with E-state index in [1.165, 1.54) is 6.07 Å². The first kappa shape index (κ1) is 12.5. The van der Waals surface area contributed by atoms with Gasteiger partial charge in [-0.05, 0) is 32.0 Å². The molecule has 0 radical (unpaired) electrons. The largest absolute Gasteiger partial charge is 0.375 e. The third-order valence-corrected chi connectivity index (χ3v) is 4.09. The van der Waals surface area contributed by atoms with Gasteiger partial charge in [-0.1, -0.05) is 15.9 Å². The molecule has 2 nitrogen and oxygen atoms in total. The first-order valence-corrected chi connectivity index (χ1v) is 6.86. The van der Waals surface area contributed by atoms with Gasteiger partial charge in [-0.3, -0.25) is 0 Å². The predicted molar refractivity (Wildman–Crippen MR) is 73.0 cm³/mol. The third kappa shape index (κ3) is 2.84. The highest BCUT2D eigenvalue weighted by atomic mass is 79.9. The zero-order valence-corrected chi connectivity index (χ0v) is 11.9. The zero-order valence-electron chi connectivity index (χ0n) is 9.50. The average molecular weight is 315 g/mol. The summed E-state index contributed by atoms with van der Waals surface area (Å²) in [5.74, 6) is -0.256. The van der Waals surface area contributed by atoms with Crippen molar-refractivity contribution in [1.82, 2.24) is 4.98 Å². The lowest BCUT2D eigenvalue weighted by atomic mass is 10.2. The molecule has 0 spiro atoms. The Morgan fingerprint density at radius 1 is 1.47 bits per heavy atom. The molecule has 1 heterocycles. The van der Waals surface area contributed by atoms with E-state index in [2.05, 4.69) is 26.2 Å². The van der Waals surface area contributed by atoms with Crippen molar-refractivity contribution < 1.29 is 4.39 Å². The molecular weight excluding hydrogens is 303 g/mol. The summed E-state index contributed by atoms with van der Waals surface area (Å²) in [5.41, 5.74) is 3.31. The molecule has 2 aromatic rings. The van der Waals surface area contributed by atoms with Crippen molar-refractivity contribution >= 4 is 33.0 Å². The van der Waals surface area contributed by atoms with E-state index in [4.69, 9.17) is 0 Å². The highest BCUT2D eigenvalue weighted by Crippen LogP contribution is 2.27. The Morgan fingerprint density at radius 3 is 2.82 bits per heavy atom. The van der Waals surface area contributed by atoms with E-state index in [1.807, 2.05) is 19.9 Å². The minimum atomic E-state index is -0.256. The number of nitrogens with one attached hydrogen (secondary N) is 1. The fraction of sp³-hybridized carbons (Fsp3) is 0.250. The van der Waals surface area contributed by atoms with Crippen LogP contribution in [-0.4, -0.2) is 4.98 Å². The summed E-state index contributed by atoms with van der Waals surface area (Å²) < 4.78 is 14.4. The van der Waals surface area contributed by atoms with Gasteiger partial charge in [-0.25, -0.2) is 9.37 Å². The Morgan fingerprint density at radius 2 is 2.24 bits per heavy atom. The molecule has 0 saturated heterocycles. The van der Waals surface area contributed by atoms with Crippen LogP contribution in [0.25, 0.3) is 0 Å². The quantitative estimate of drug-likeness (QED) is 0.900. The molecule has 17 heavy (non-hydrogen) atoms. The van der Waals surface area contributed by atoms with Gasteiger partial charge in [-0.15, -0.1) is 11.3 Å². The molecule has 0 fully saturated rings. The smallest absolute Gasteiger partial charge is 0.147 e. The Balaban J connectivity index is 2.19. The number of hydrogen-bond acceptors (Lipinski definition) is 3. The molecule has 1 atom stereocenters. The van der Waals surface area contributed by atoms with Crippen molar-refractivity contribution in [1.29, 1.82) is 0 Å². The van der Waals surface area contributed by atoms with Crippen molar-refractivity contribution in [3.05, 3.63) is 44.6 Å². The van der Waals surface area contributed by atoms with Gasteiger partial charge in [0, 0.05) is 9.35 Å². The summed E-state index contributed by atoms with van der Waals surface area (Å²) in [6.45, 7) is 3.96. The second-order valence-corrected chi connectivity index (χ2v) is 5.59. The van der Waals surface area contributed by atoms with Crippen LogP contribution in [0.4, 0.5) is 10.1 Å². The second-order valence-electron chi connectivity index (χ2n) is 3.79. The lowest BCUT2D eigenvalue weighted by Gasteiger charge is -2.15. The molecule has 0 bridgehead atoms. The van der Waals surface area contributed by atoms with E-state index in [-0.39, 0.29) is 11.9 Å². The minimum Gasteiger partial charge on any atom is -0.375 e. The maximum atomic E-state index is 13.6. The Hall–Kier alpha value is -0.940. The minimum absolute atomic E-state index is 0.0539. The Labute approximate surface area is 112 Å². The van der Waals surface area contributed by atoms with Gasteiger partial charge in [0.1, 0.15) is 5.82 Å². The van der Waals surface area contributed by atoms with E-state index in [0.717, 1.165) is 15.0 Å². The molecular formula is C12H12BrFN2S. The van der Waals surface area contributed by atoms with E-state index in [1.54, 1.807) is 22.9 Å². The van der Waals surface area contributed by atoms with Gasteiger partial charge in [0.15, 0.2) is 0 Å². The maximum absolute atomic E-state index is 13.6. The van der Waals surface area contributed by atoms with E-state index in [9.17, 15) is 4.39 Å². The second kappa shape index (κ2) is 5.14. The summed E-state index contributed by atoms with van der Waals surface area (Å²) in [6.07, 6.45) is 0. The van der Waals surface area contributed by atoms with Crippen LogP contribution in [0.2, 0.25) is 0 Å². The zero-order chi connectivity index (χ0) is 12.4. The van der Waals surface area contributed by atoms with Gasteiger partial charge < -0.3 is 5.32 Å². The standard InChI is InChI=1S/C12H12BrFN2S/c1-7-12(17-6-15-7)8(2)16-11-4-3-9(13)5-10(11)14/h3-6,8,16H,1-2H3. The van der Waals surface area contributed by atoms with Crippen molar-refractivity contribution in [2.75, 3.05) is 5.32 Å². The molecule has 0 aliphatic carbocycles. The van der Waals surface area contributed by atoms with Gasteiger partial charge in [0.05, 0.1) is 22.9 Å². The van der Waals surface area contributed by atoms with Gasteiger partial charge in [0.2, 0.25) is 0 Å². The van der Waals surface area contributed by atoms with Crippen molar-refractivity contribution in [2.24, 2.45) is 0 Å². The van der Waals surface area contributed by atoms with Crippen LogP contribution < -0.4 is 5.32 Å². The van der Waals surface area contributed by atoms with Crippen LogP contribution >= 0.6 is 27.3 Å². The van der Waals surface area contributed by atoms with Crippen molar-refractivity contribution in [3.63, 3.8) is 0 Å². The molecule has 90 valence electrons. The van der Waals surface area contributed by atoms with E-state index < -0.39 is 0 Å². The SMILES string of the molecule is Cc1ncsc1C(C)Nc1ccc(Br)cc1F. The summed E-state index contributed by atoms with van der Waals surface area (Å²) in [6, 6.07) is 5.05. The van der Waals surface area contributed by atoms with Crippen LogP contribution in [0.3, 0.4) is 0 Å². The molecule has 1 aromatic carbocycles. The van der Waals surface area contributed by atoms with E-state index in [0.29, 0.717) is 5.69 Å². The molecule has 0 amide bonds. The molecule has 0 aliphatic heterocycles. The van der Waals surface area contributed by atoms with Crippen LogP contribution in [0.5, 0.6) is 0 Å². The van der Waals surface area contributed by atoms with Crippen molar-refractivity contribution in [3.8, 4) is 0 Å². The number of anilines is 1. The monoisotopic (exact) mass is 314 g/mol. The molecule has 0 saturated carbocycles. The molecule has 1 aromatic heterocycles. The number of aromatic nitrogens is 1. The highest BCUT2D eigenvalue weighted by Gasteiger charge is 2.12. The van der Waals surface area contributed by atoms with Crippen LogP contribution in [0.15, 0.2) is 28.2 Å². The fourth-order valence-corrected chi connectivity index (χ4v) is 2.78.